The fourth-order valence-electron chi connectivity index (χ4n) is 1.10. The van der Waals surface area contributed by atoms with Gasteiger partial charge < -0.3 is 14.5 Å². The standard InChI is InChI=1S/C8H7BN2O3/c12-9(13)7-3-1-6(2-4-7)8-11-10-5-14-8/h1-5,12-13H. The average molecular weight is 190 g/mol. The molecule has 5 nitrogen and oxygen atoms in total. The van der Waals surface area contributed by atoms with Gasteiger partial charge in [-0.2, -0.15) is 0 Å². The fourth-order valence-corrected chi connectivity index (χ4v) is 1.10. The zero-order valence-corrected chi connectivity index (χ0v) is 7.16. The third kappa shape index (κ3) is 1.66. The lowest BCUT2D eigenvalue weighted by Gasteiger charge is -1.99. The zero-order chi connectivity index (χ0) is 9.97. The van der Waals surface area contributed by atoms with Gasteiger partial charge in [0.2, 0.25) is 12.3 Å². The molecular formula is C8H7BN2O3. The molecule has 0 aliphatic heterocycles. The zero-order valence-electron chi connectivity index (χ0n) is 7.16. The molecule has 70 valence electrons. The van der Waals surface area contributed by atoms with Gasteiger partial charge in [-0.05, 0) is 17.6 Å². The minimum absolute atomic E-state index is 0.406. The second kappa shape index (κ2) is 3.61. The van der Waals surface area contributed by atoms with Gasteiger partial charge in [0, 0.05) is 5.56 Å². The van der Waals surface area contributed by atoms with Crippen molar-refractivity contribution in [3.8, 4) is 11.5 Å². The molecular weight excluding hydrogens is 183 g/mol. The van der Waals surface area contributed by atoms with E-state index in [2.05, 4.69) is 10.2 Å². The molecule has 1 aromatic carbocycles. The molecule has 14 heavy (non-hydrogen) atoms. The SMILES string of the molecule is OB(O)c1ccc(-c2nnco2)cc1. The summed E-state index contributed by atoms with van der Waals surface area (Å²) in [6.07, 6.45) is 1.24. The molecule has 0 unspecified atom stereocenters. The summed E-state index contributed by atoms with van der Waals surface area (Å²) in [6, 6.07) is 6.54. The molecule has 0 spiro atoms. The van der Waals surface area contributed by atoms with Crippen LogP contribution in [0.25, 0.3) is 11.5 Å². The van der Waals surface area contributed by atoms with Gasteiger partial charge in [0.1, 0.15) is 0 Å². The molecule has 6 heteroatoms. The number of hydrogen-bond donors (Lipinski definition) is 2. The number of benzene rings is 1. The fraction of sp³-hybridized carbons (Fsp3) is 0. The maximum absolute atomic E-state index is 8.85. The highest BCUT2D eigenvalue weighted by molar-refractivity contribution is 6.58. The maximum atomic E-state index is 8.85. The van der Waals surface area contributed by atoms with Crippen LogP contribution in [0, 0.1) is 0 Å². The van der Waals surface area contributed by atoms with Crippen LogP contribution in [0.4, 0.5) is 0 Å². The van der Waals surface area contributed by atoms with Crippen molar-refractivity contribution in [1.82, 2.24) is 10.2 Å². The predicted octanol–water partition coefficient (Wildman–Crippen LogP) is -0.584. The van der Waals surface area contributed by atoms with Crippen LogP contribution in [0.3, 0.4) is 0 Å². The summed E-state index contributed by atoms with van der Waals surface area (Å²) >= 11 is 0. The van der Waals surface area contributed by atoms with Crippen molar-refractivity contribution in [1.29, 1.82) is 0 Å². The van der Waals surface area contributed by atoms with E-state index in [1.807, 2.05) is 0 Å². The molecule has 1 aromatic heterocycles. The van der Waals surface area contributed by atoms with Crippen molar-refractivity contribution >= 4 is 12.6 Å². The van der Waals surface area contributed by atoms with Crippen LogP contribution in [-0.2, 0) is 0 Å². The number of aromatic nitrogens is 2. The Kier molecular flexibility index (Phi) is 2.30. The molecule has 1 heterocycles. The number of nitrogens with zero attached hydrogens (tertiary/aromatic N) is 2. The summed E-state index contributed by atoms with van der Waals surface area (Å²) in [4.78, 5) is 0. The lowest BCUT2D eigenvalue weighted by molar-refractivity contribution is 0.426. The Morgan fingerprint density at radius 3 is 2.36 bits per heavy atom. The second-order valence-corrected chi connectivity index (χ2v) is 2.74. The van der Waals surface area contributed by atoms with Crippen LogP contribution in [0.5, 0.6) is 0 Å². The summed E-state index contributed by atoms with van der Waals surface area (Å²) in [5.74, 6) is 0.406. The molecule has 2 N–H and O–H groups in total. The van der Waals surface area contributed by atoms with Gasteiger partial charge in [0.15, 0.2) is 0 Å². The molecule has 0 aliphatic rings. The molecule has 0 saturated heterocycles. The Labute approximate surface area is 80.2 Å². The first-order valence-electron chi connectivity index (χ1n) is 4.00. The van der Waals surface area contributed by atoms with Crippen LogP contribution < -0.4 is 5.46 Å². The second-order valence-electron chi connectivity index (χ2n) is 2.74. The highest BCUT2D eigenvalue weighted by Gasteiger charge is 2.11. The summed E-state index contributed by atoms with van der Waals surface area (Å²) in [5.41, 5.74) is 1.17. The largest absolute Gasteiger partial charge is 0.488 e. The van der Waals surface area contributed by atoms with Crippen molar-refractivity contribution < 1.29 is 14.5 Å². The summed E-state index contributed by atoms with van der Waals surface area (Å²) in [7, 11) is -1.45. The molecule has 0 saturated carbocycles. The topological polar surface area (TPSA) is 79.4 Å². The van der Waals surface area contributed by atoms with E-state index in [4.69, 9.17) is 14.5 Å². The monoisotopic (exact) mass is 190 g/mol. The Morgan fingerprint density at radius 2 is 1.86 bits per heavy atom. The van der Waals surface area contributed by atoms with Gasteiger partial charge in [-0.15, -0.1) is 10.2 Å². The first-order chi connectivity index (χ1) is 6.77. The molecule has 0 fully saturated rings. The van der Waals surface area contributed by atoms with Gasteiger partial charge in [-0.25, -0.2) is 0 Å². The number of rotatable bonds is 2. The molecule has 2 aromatic rings. The third-order valence-corrected chi connectivity index (χ3v) is 1.82. The van der Waals surface area contributed by atoms with Crippen LogP contribution in [0.2, 0.25) is 0 Å². The lowest BCUT2D eigenvalue weighted by Crippen LogP contribution is -2.29. The van der Waals surface area contributed by atoms with E-state index in [0.29, 0.717) is 11.4 Å². The van der Waals surface area contributed by atoms with E-state index >= 15 is 0 Å². The van der Waals surface area contributed by atoms with E-state index in [0.717, 1.165) is 5.56 Å². The van der Waals surface area contributed by atoms with Gasteiger partial charge in [-0.1, -0.05) is 12.1 Å². The maximum Gasteiger partial charge on any atom is 0.488 e. The highest BCUT2D eigenvalue weighted by Crippen LogP contribution is 2.13. The Morgan fingerprint density at radius 1 is 1.14 bits per heavy atom. The van der Waals surface area contributed by atoms with Gasteiger partial charge in [-0.3, -0.25) is 0 Å². The van der Waals surface area contributed by atoms with Crippen molar-refractivity contribution in [3.63, 3.8) is 0 Å². The minimum atomic E-state index is -1.45. The number of hydrogen-bond acceptors (Lipinski definition) is 5. The smallest absolute Gasteiger partial charge is 0.423 e. The molecule has 2 rings (SSSR count). The van der Waals surface area contributed by atoms with E-state index in [-0.39, 0.29) is 0 Å². The summed E-state index contributed by atoms with van der Waals surface area (Å²) in [6.45, 7) is 0. The Hall–Kier alpha value is -1.66. The van der Waals surface area contributed by atoms with E-state index in [1.54, 1.807) is 24.3 Å². The van der Waals surface area contributed by atoms with Crippen LogP contribution in [0.15, 0.2) is 35.1 Å². The van der Waals surface area contributed by atoms with Crippen molar-refractivity contribution in [2.45, 2.75) is 0 Å². The summed E-state index contributed by atoms with van der Waals surface area (Å²) in [5, 5.41) is 25.0. The molecule has 0 amide bonds. The Balaban J connectivity index is 2.31. The van der Waals surface area contributed by atoms with Crippen molar-refractivity contribution in [2.75, 3.05) is 0 Å². The average Bonchev–Trinajstić information content (AvgIpc) is 2.71. The quantitative estimate of drug-likeness (QED) is 0.619. The first-order valence-corrected chi connectivity index (χ1v) is 4.00. The summed E-state index contributed by atoms with van der Waals surface area (Å²) < 4.78 is 4.97. The van der Waals surface area contributed by atoms with Gasteiger partial charge in [0.05, 0.1) is 0 Å². The van der Waals surface area contributed by atoms with E-state index in [9.17, 15) is 0 Å². The highest BCUT2D eigenvalue weighted by atomic mass is 16.4. The predicted molar refractivity (Wildman–Crippen MR) is 49.6 cm³/mol. The molecule has 0 atom stereocenters. The van der Waals surface area contributed by atoms with Crippen molar-refractivity contribution in [2.24, 2.45) is 0 Å². The molecule has 0 aliphatic carbocycles. The third-order valence-electron chi connectivity index (χ3n) is 1.82. The molecule has 0 bridgehead atoms. The van der Waals surface area contributed by atoms with Gasteiger partial charge in [0.25, 0.3) is 0 Å². The lowest BCUT2D eigenvalue weighted by atomic mass is 9.80. The van der Waals surface area contributed by atoms with Crippen LogP contribution in [-0.4, -0.2) is 27.4 Å². The van der Waals surface area contributed by atoms with Crippen LogP contribution in [0.1, 0.15) is 0 Å². The van der Waals surface area contributed by atoms with Crippen molar-refractivity contribution in [3.05, 3.63) is 30.7 Å². The molecule has 0 radical (unpaired) electrons. The van der Waals surface area contributed by atoms with E-state index < -0.39 is 7.12 Å². The Bertz CT molecular complexity index is 399. The normalized spacial score (nSPS) is 10.1. The van der Waals surface area contributed by atoms with E-state index in [1.165, 1.54) is 6.39 Å². The van der Waals surface area contributed by atoms with Gasteiger partial charge >= 0.3 is 7.12 Å². The van der Waals surface area contributed by atoms with Crippen LogP contribution >= 0.6 is 0 Å². The first kappa shape index (κ1) is 8.92. The minimum Gasteiger partial charge on any atom is -0.423 e.